The largest absolute Gasteiger partial charge is 0.456 e. The van der Waals surface area contributed by atoms with Crippen LogP contribution in [0.5, 0.6) is 0 Å². The van der Waals surface area contributed by atoms with Gasteiger partial charge in [0.1, 0.15) is 11.2 Å². The van der Waals surface area contributed by atoms with Crippen LogP contribution in [0.2, 0.25) is 0 Å². The Kier molecular flexibility index (Phi) is 9.17. The number of hydrogen-bond acceptors (Lipinski definition) is 2. The summed E-state index contributed by atoms with van der Waals surface area (Å²) in [6, 6.07) is 92.0. The van der Waals surface area contributed by atoms with E-state index >= 15 is 0 Å². The molecule has 0 fully saturated rings. The first kappa shape index (κ1) is 38.5. The van der Waals surface area contributed by atoms with Crippen molar-refractivity contribution in [1.29, 1.82) is 0 Å². The van der Waals surface area contributed by atoms with Crippen molar-refractivity contribution in [3.63, 3.8) is 0 Å². The second-order valence-electron chi connectivity index (χ2n) is 17.3. The van der Waals surface area contributed by atoms with Crippen molar-refractivity contribution in [2.45, 2.75) is 0 Å². The van der Waals surface area contributed by atoms with Crippen LogP contribution in [0.15, 0.2) is 259 Å². The average Bonchev–Trinajstić information content (AvgIpc) is 3.95. The minimum Gasteiger partial charge on any atom is -0.456 e. The maximum absolute atomic E-state index is 6.43. The van der Waals surface area contributed by atoms with Crippen molar-refractivity contribution in [3.05, 3.63) is 255 Å². The van der Waals surface area contributed by atoms with E-state index < -0.39 is 0 Å². The molecule has 314 valence electrons. The molecule has 0 saturated heterocycles. The summed E-state index contributed by atoms with van der Waals surface area (Å²) in [5.74, 6) is 0. The molecule has 2 aromatic heterocycles. The van der Waals surface area contributed by atoms with Crippen LogP contribution >= 0.6 is 0 Å². The quantitative estimate of drug-likeness (QED) is 0.152. The minimum atomic E-state index is 0.877. The minimum absolute atomic E-state index is 0.877. The van der Waals surface area contributed by atoms with Gasteiger partial charge in [0.25, 0.3) is 0 Å². The molecule has 0 N–H and O–H groups in total. The number of anilines is 3. The number of rotatable bonds is 8. The van der Waals surface area contributed by atoms with E-state index in [1.807, 2.05) is 12.1 Å². The highest BCUT2D eigenvalue weighted by Gasteiger charge is 2.22. The molecule has 67 heavy (non-hydrogen) atoms. The molecule has 0 amide bonds. The Labute approximate surface area is 388 Å². The lowest BCUT2D eigenvalue weighted by molar-refractivity contribution is 0.669. The van der Waals surface area contributed by atoms with Gasteiger partial charge in [-0.25, -0.2) is 0 Å². The zero-order chi connectivity index (χ0) is 44.3. The van der Waals surface area contributed by atoms with Crippen molar-refractivity contribution in [3.8, 4) is 50.2 Å². The molecule has 3 nitrogen and oxygen atoms in total. The molecule has 0 aliphatic carbocycles. The highest BCUT2D eigenvalue weighted by atomic mass is 16.3. The van der Waals surface area contributed by atoms with E-state index in [1.165, 1.54) is 43.7 Å². The Bertz CT molecular complexity index is 3950. The van der Waals surface area contributed by atoms with E-state index in [4.69, 9.17) is 4.42 Å². The van der Waals surface area contributed by atoms with Crippen molar-refractivity contribution in [2.75, 3.05) is 4.90 Å². The van der Waals surface area contributed by atoms with Gasteiger partial charge in [-0.3, -0.25) is 0 Å². The first-order valence-electron chi connectivity index (χ1n) is 22.9. The highest BCUT2D eigenvalue weighted by Crippen LogP contribution is 2.46. The molecule has 0 aliphatic heterocycles. The molecule has 13 rings (SSSR count). The zero-order valence-electron chi connectivity index (χ0n) is 36.6. The third-order valence-electron chi connectivity index (χ3n) is 13.4. The number of fused-ring (bicyclic) bond motifs is 7. The Morgan fingerprint density at radius 3 is 1.55 bits per heavy atom. The number of aromatic nitrogens is 1. The Balaban J connectivity index is 0.915. The van der Waals surface area contributed by atoms with Gasteiger partial charge in [0.05, 0.1) is 22.4 Å². The maximum atomic E-state index is 6.43. The van der Waals surface area contributed by atoms with Gasteiger partial charge in [0, 0.05) is 44.0 Å². The predicted molar refractivity (Wildman–Crippen MR) is 282 cm³/mol. The number of benzene rings is 11. The summed E-state index contributed by atoms with van der Waals surface area (Å²) in [4.78, 5) is 2.42. The van der Waals surface area contributed by atoms with Crippen LogP contribution in [0.3, 0.4) is 0 Å². The number of furan rings is 1. The maximum Gasteiger partial charge on any atom is 0.136 e. The van der Waals surface area contributed by atoms with Gasteiger partial charge in [-0.1, -0.05) is 176 Å². The Morgan fingerprint density at radius 2 is 0.821 bits per heavy atom. The molecular formula is C64H42N2O. The fraction of sp³-hybridized carbons (Fsp3) is 0. The van der Waals surface area contributed by atoms with Gasteiger partial charge in [0.15, 0.2) is 0 Å². The molecule has 0 bridgehead atoms. The summed E-state index contributed by atoms with van der Waals surface area (Å²) in [5.41, 5.74) is 17.7. The summed E-state index contributed by atoms with van der Waals surface area (Å²) < 4.78 is 8.81. The van der Waals surface area contributed by atoms with Crippen LogP contribution in [0.1, 0.15) is 0 Å². The standard InChI is InChI=1S/C64H42N2O/c1-2-16-45-40-49(32-31-43(45)15-1)53-21-3-8-26-59(53)65(60-27-9-4-22-54(60)50-35-38-58-57-25-7-12-30-63(57)67-64(58)42-50)51-36-33-44(34-37-51)46-17-13-18-47(39-46)48-19-14-20-52(41-48)66-61-28-10-5-23-55(61)56-24-6-11-29-62(56)66/h1-42H. The monoisotopic (exact) mass is 854 g/mol. The highest BCUT2D eigenvalue weighted by molar-refractivity contribution is 6.09. The van der Waals surface area contributed by atoms with Crippen LogP contribution in [0, 0.1) is 0 Å². The van der Waals surface area contributed by atoms with Gasteiger partial charge in [0.2, 0.25) is 0 Å². The summed E-state index contributed by atoms with van der Waals surface area (Å²) in [5, 5.41) is 7.20. The van der Waals surface area contributed by atoms with E-state index in [0.717, 1.165) is 78.1 Å². The molecule has 2 heterocycles. The summed E-state index contributed by atoms with van der Waals surface area (Å²) in [6.07, 6.45) is 0. The molecule has 3 heteroatoms. The van der Waals surface area contributed by atoms with Crippen LogP contribution < -0.4 is 4.90 Å². The lowest BCUT2D eigenvalue weighted by atomic mass is 9.96. The lowest BCUT2D eigenvalue weighted by Crippen LogP contribution is -2.12. The number of hydrogen-bond donors (Lipinski definition) is 0. The van der Waals surface area contributed by atoms with Crippen LogP contribution in [0.25, 0.3) is 105 Å². The normalized spacial score (nSPS) is 11.6. The van der Waals surface area contributed by atoms with Crippen molar-refractivity contribution in [2.24, 2.45) is 0 Å². The van der Waals surface area contributed by atoms with Gasteiger partial charge in [-0.15, -0.1) is 0 Å². The van der Waals surface area contributed by atoms with Gasteiger partial charge in [-0.05, 0) is 123 Å². The Morgan fingerprint density at radius 1 is 0.299 bits per heavy atom. The van der Waals surface area contributed by atoms with Crippen molar-refractivity contribution in [1.82, 2.24) is 4.57 Å². The van der Waals surface area contributed by atoms with Crippen molar-refractivity contribution >= 4 is 71.6 Å². The third kappa shape index (κ3) is 6.67. The van der Waals surface area contributed by atoms with Crippen molar-refractivity contribution < 1.29 is 4.42 Å². The first-order chi connectivity index (χ1) is 33.2. The number of nitrogens with zero attached hydrogens (tertiary/aromatic N) is 2. The molecular weight excluding hydrogens is 813 g/mol. The summed E-state index contributed by atoms with van der Waals surface area (Å²) in [6.45, 7) is 0. The fourth-order valence-corrected chi connectivity index (χ4v) is 10.2. The molecule has 0 spiro atoms. The first-order valence-corrected chi connectivity index (χ1v) is 22.9. The van der Waals surface area contributed by atoms with E-state index in [9.17, 15) is 0 Å². The second-order valence-corrected chi connectivity index (χ2v) is 17.3. The fourth-order valence-electron chi connectivity index (χ4n) is 10.2. The van der Waals surface area contributed by atoms with E-state index in [0.29, 0.717) is 0 Å². The third-order valence-corrected chi connectivity index (χ3v) is 13.4. The van der Waals surface area contributed by atoms with Gasteiger partial charge >= 0.3 is 0 Å². The SMILES string of the molecule is c1cc(-c2ccc(N(c3ccccc3-c3ccc4ccccc4c3)c3ccccc3-c3ccc4c(c3)oc3ccccc34)cc2)cc(-c2cccc(-n3c4ccccc4c4ccccc43)c2)c1. The molecule has 0 atom stereocenters. The van der Waals surface area contributed by atoms with Gasteiger partial charge < -0.3 is 13.9 Å². The summed E-state index contributed by atoms with van der Waals surface area (Å²) >= 11 is 0. The molecule has 0 saturated carbocycles. The van der Waals surface area contributed by atoms with Crippen LogP contribution in [-0.4, -0.2) is 4.57 Å². The van der Waals surface area contributed by atoms with E-state index in [2.05, 4.69) is 252 Å². The Hall–Kier alpha value is -8.92. The van der Waals surface area contributed by atoms with E-state index in [1.54, 1.807) is 0 Å². The van der Waals surface area contributed by atoms with Gasteiger partial charge in [-0.2, -0.15) is 0 Å². The molecule has 0 unspecified atom stereocenters. The molecule has 13 aromatic rings. The molecule has 0 aliphatic rings. The number of para-hydroxylation sites is 5. The molecule has 0 radical (unpaired) electrons. The van der Waals surface area contributed by atoms with Crippen LogP contribution in [-0.2, 0) is 0 Å². The topological polar surface area (TPSA) is 21.3 Å². The zero-order valence-corrected chi connectivity index (χ0v) is 36.6. The lowest BCUT2D eigenvalue weighted by Gasteiger charge is -2.30. The smallest absolute Gasteiger partial charge is 0.136 e. The molecule has 11 aromatic carbocycles. The predicted octanol–water partition coefficient (Wildman–Crippen LogP) is 18.0. The van der Waals surface area contributed by atoms with Crippen LogP contribution in [0.4, 0.5) is 17.1 Å². The van der Waals surface area contributed by atoms with E-state index in [-0.39, 0.29) is 0 Å². The summed E-state index contributed by atoms with van der Waals surface area (Å²) in [7, 11) is 0. The average molecular weight is 855 g/mol. The second kappa shape index (κ2) is 16.0.